The highest BCUT2D eigenvalue weighted by atomic mass is 32.2. The van der Waals surface area contributed by atoms with Gasteiger partial charge in [0.1, 0.15) is 11.1 Å². The van der Waals surface area contributed by atoms with E-state index in [0.29, 0.717) is 18.0 Å². The van der Waals surface area contributed by atoms with Crippen molar-refractivity contribution in [1.82, 2.24) is 4.98 Å². The summed E-state index contributed by atoms with van der Waals surface area (Å²) in [6, 6.07) is 3.33. The number of hydrogen-bond acceptors (Lipinski definition) is 7. The molecule has 0 aliphatic carbocycles. The van der Waals surface area contributed by atoms with E-state index >= 15 is 0 Å². The molecule has 1 aromatic rings. The third-order valence-electron chi connectivity index (χ3n) is 3.03. The van der Waals surface area contributed by atoms with Crippen LogP contribution in [0.15, 0.2) is 23.5 Å². The zero-order valence-corrected chi connectivity index (χ0v) is 12.6. The fourth-order valence-corrected chi connectivity index (χ4v) is 4.83. The molecule has 7 nitrogen and oxygen atoms in total. The Bertz CT molecular complexity index is 601. The number of anilines is 1. The maximum absolute atomic E-state index is 11.8. The minimum atomic E-state index is -3.17. The van der Waals surface area contributed by atoms with Crippen molar-refractivity contribution < 1.29 is 13.6 Å². The number of hydrogen-bond donors (Lipinski definition) is 2. The average Bonchev–Trinajstić information content (AvgIpc) is 2.46. The molecule has 20 heavy (non-hydrogen) atoms. The highest BCUT2D eigenvalue weighted by Gasteiger charge is 2.31. The maximum Gasteiger partial charge on any atom is 0.188 e. The Morgan fingerprint density at radius 1 is 1.60 bits per heavy atom. The lowest BCUT2D eigenvalue weighted by atomic mass is 10.3. The summed E-state index contributed by atoms with van der Waals surface area (Å²) in [7, 11) is -3.17. The van der Waals surface area contributed by atoms with Gasteiger partial charge in [-0.3, -0.25) is 4.98 Å². The van der Waals surface area contributed by atoms with Gasteiger partial charge in [-0.1, -0.05) is 5.16 Å². The van der Waals surface area contributed by atoms with Gasteiger partial charge in [-0.25, -0.2) is 8.42 Å². The van der Waals surface area contributed by atoms with Crippen molar-refractivity contribution in [2.45, 2.75) is 5.37 Å². The van der Waals surface area contributed by atoms with E-state index in [-0.39, 0.29) is 5.84 Å². The predicted octanol–water partition coefficient (Wildman–Crippen LogP) is 0.1000. The molecule has 9 heteroatoms. The number of nitrogens with two attached hydrogens (primary N) is 1. The first-order valence-corrected chi connectivity index (χ1v) is 9.01. The average molecular weight is 316 g/mol. The van der Waals surface area contributed by atoms with Gasteiger partial charge in [-0.15, -0.1) is 0 Å². The number of pyridine rings is 1. The number of sulfone groups is 1. The third-order valence-corrected chi connectivity index (χ3v) is 5.67. The van der Waals surface area contributed by atoms with E-state index in [4.69, 9.17) is 10.9 Å². The molecule has 2 heterocycles. The van der Waals surface area contributed by atoms with Gasteiger partial charge in [0.05, 0.1) is 11.9 Å². The summed E-state index contributed by atoms with van der Waals surface area (Å²) in [5.41, 5.74) is 6.51. The molecule has 110 valence electrons. The molecule has 1 aliphatic heterocycles. The molecule has 0 spiro atoms. The molecule has 1 aromatic heterocycles. The van der Waals surface area contributed by atoms with Crippen LogP contribution in [0.25, 0.3) is 0 Å². The van der Waals surface area contributed by atoms with E-state index in [1.165, 1.54) is 6.26 Å². The summed E-state index contributed by atoms with van der Waals surface area (Å²) in [4.78, 5) is 5.91. The summed E-state index contributed by atoms with van der Waals surface area (Å²) in [6.45, 7) is 0.646. The van der Waals surface area contributed by atoms with E-state index in [1.807, 2.05) is 4.90 Å². The van der Waals surface area contributed by atoms with E-state index in [2.05, 4.69) is 10.1 Å². The van der Waals surface area contributed by atoms with Crippen LogP contribution in [-0.4, -0.2) is 54.1 Å². The number of thioether (sulfide) groups is 1. The standard InChI is InChI=1S/C11H16N4O3S2/c1-20(17,18)10-7-19-5-4-15(10)8-2-3-9(13-6-8)11(12)14-16/h2-3,6,10,16H,4-5,7H2,1H3,(H2,12,14). The molecule has 1 atom stereocenters. The zero-order valence-electron chi connectivity index (χ0n) is 10.9. The third kappa shape index (κ3) is 3.15. The first-order valence-electron chi connectivity index (χ1n) is 5.90. The first kappa shape index (κ1) is 14.9. The Morgan fingerprint density at radius 3 is 2.90 bits per heavy atom. The summed E-state index contributed by atoms with van der Waals surface area (Å²) in [5.74, 6) is 1.33. The molecule has 3 N–H and O–H groups in total. The minimum Gasteiger partial charge on any atom is -0.409 e. The Morgan fingerprint density at radius 2 is 2.35 bits per heavy atom. The molecule has 1 saturated heterocycles. The smallest absolute Gasteiger partial charge is 0.188 e. The quantitative estimate of drug-likeness (QED) is 0.352. The lowest BCUT2D eigenvalue weighted by molar-refractivity contribution is 0.318. The highest BCUT2D eigenvalue weighted by Crippen LogP contribution is 2.26. The first-order chi connectivity index (χ1) is 9.43. The van der Waals surface area contributed by atoms with Gasteiger partial charge < -0.3 is 15.8 Å². The van der Waals surface area contributed by atoms with Crippen LogP contribution in [0.5, 0.6) is 0 Å². The van der Waals surface area contributed by atoms with Gasteiger partial charge in [-0.2, -0.15) is 11.8 Å². The van der Waals surface area contributed by atoms with Gasteiger partial charge in [0.15, 0.2) is 15.7 Å². The summed E-state index contributed by atoms with van der Waals surface area (Å²) in [5, 5.41) is 10.9. The Labute approximate surface area is 121 Å². The van der Waals surface area contributed by atoms with Crippen LogP contribution in [-0.2, 0) is 9.84 Å². The lowest BCUT2D eigenvalue weighted by Crippen LogP contribution is -2.47. The summed E-state index contributed by atoms with van der Waals surface area (Å²) >= 11 is 1.63. The second-order valence-corrected chi connectivity index (χ2v) is 7.79. The van der Waals surface area contributed by atoms with Crippen molar-refractivity contribution in [3.63, 3.8) is 0 Å². The van der Waals surface area contributed by atoms with Crippen LogP contribution in [0.3, 0.4) is 0 Å². The lowest BCUT2D eigenvalue weighted by Gasteiger charge is -2.35. The fourth-order valence-electron chi connectivity index (χ4n) is 1.99. The largest absolute Gasteiger partial charge is 0.409 e. The van der Waals surface area contributed by atoms with Crippen molar-refractivity contribution in [1.29, 1.82) is 0 Å². The summed E-state index contributed by atoms with van der Waals surface area (Å²) in [6.07, 6.45) is 2.79. The van der Waals surface area contributed by atoms with Crippen LogP contribution >= 0.6 is 11.8 Å². The number of oxime groups is 1. The van der Waals surface area contributed by atoms with Crippen LogP contribution in [0, 0.1) is 0 Å². The van der Waals surface area contributed by atoms with E-state index in [1.54, 1.807) is 30.1 Å². The van der Waals surface area contributed by atoms with Crippen LogP contribution in [0.2, 0.25) is 0 Å². The maximum atomic E-state index is 11.8. The second kappa shape index (κ2) is 5.88. The Balaban J connectivity index is 2.29. The molecule has 0 saturated carbocycles. The predicted molar refractivity (Wildman–Crippen MR) is 80.1 cm³/mol. The minimum absolute atomic E-state index is 0.0783. The molecule has 1 unspecified atom stereocenters. The number of amidine groups is 1. The molecular formula is C11H16N4O3S2. The molecule has 1 fully saturated rings. The van der Waals surface area contributed by atoms with Crippen molar-refractivity contribution >= 4 is 33.1 Å². The van der Waals surface area contributed by atoms with Crippen LogP contribution < -0.4 is 10.6 Å². The van der Waals surface area contributed by atoms with E-state index in [0.717, 1.165) is 11.4 Å². The molecule has 1 aliphatic rings. The molecular weight excluding hydrogens is 300 g/mol. The van der Waals surface area contributed by atoms with Gasteiger partial charge >= 0.3 is 0 Å². The number of nitrogens with zero attached hydrogens (tertiary/aromatic N) is 3. The van der Waals surface area contributed by atoms with Crippen molar-refractivity contribution in [3.8, 4) is 0 Å². The van der Waals surface area contributed by atoms with Crippen LogP contribution in [0.4, 0.5) is 5.69 Å². The van der Waals surface area contributed by atoms with Gasteiger partial charge in [0, 0.05) is 24.3 Å². The van der Waals surface area contributed by atoms with Gasteiger partial charge in [0.2, 0.25) is 0 Å². The van der Waals surface area contributed by atoms with Crippen LogP contribution in [0.1, 0.15) is 5.69 Å². The van der Waals surface area contributed by atoms with Crippen molar-refractivity contribution in [3.05, 3.63) is 24.0 Å². The molecule has 0 aromatic carbocycles. The van der Waals surface area contributed by atoms with E-state index < -0.39 is 15.2 Å². The molecule has 0 radical (unpaired) electrons. The summed E-state index contributed by atoms with van der Waals surface area (Å²) < 4.78 is 23.7. The Hall–Kier alpha value is -1.48. The number of aromatic nitrogens is 1. The second-order valence-electron chi connectivity index (χ2n) is 4.44. The molecule has 0 bridgehead atoms. The van der Waals surface area contributed by atoms with Gasteiger partial charge in [0.25, 0.3) is 0 Å². The van der Waals surface area contributed by atoms with Gasteiger partial charge in [-0.05, 0) is 12.1 Å². The van der Waals surface area contributed by atoms with Crippen molar-refractivity contribution in [2.24, 2.45) is 10.9 Å². The molecule has 2 rings (SSSR count). The SMILES string of the molecule is CS(=O)(=O)C1CSCCN1c1ccc(/C(N)=N/O)nc1. The Kier molecular flexibility index (Phi) is 4.39. The highest BCUT2D eigenvalue weighted by molar-refractivity contribution is 8.01. The van der Waals surface area contributed by atoms with Crippen molar-refractivity contribution in [2.75, 3.05) is 29.2 Å². The number of rotatable bonds is 3. The fraction of sp³-hybridized carbons (Fsp3) is 0.455. The normalized spacial score (nSPS) is 20.9. The van der Waals surface area contributed by atoms with E-state index in [9.17, 15) is 8.42 Å². The monoisotopic (exact) mass is 316 g/mol. The topological polar surface area (TPSA) is 109 Å². The zero-order chi connectivity index (χ0) is 14.8. The molecule has 0 amide bonds.